The molecule has 0 saturated carbocycles. The molecule has 0 aliphatic carbocycles. The highest BCUT2D eigenvalue weighted by atomic mass is 32.1. The Morgan fingerprint density at radius 1 is 1.30 bits per heavy atom. The number of aromatic nitrogens is 3. The fourth-order valence-corrected chi connectivity index (χ4v) is 3.30. The zero-order valence-corrected chi connectivity index (χ0v) is 13.7. The molecule has 5 nitrogen and oxygen atoms in total. The second-order valence-corrected chi connectivity index (χ2v) is 6.42. The van der Waals surface area contributed by atoms with Crippen LogP contribution < -0.4 is 5.32 Å². The Kier molecular flexibility index (Phi) is 3.96. The number of H-pyrrole nitrogens is 1. The summed E-state index contributed by atoms with van der Waals surface area (Å²) >= 11 is 1.31. The highest BCUT2D eigenvalue weighted by Crippen LogP contribution is 2.32. The molecule has 2 heterocycles. The van der Waals surface area contributed by atoms with Crippen LogP contribution in [0.1, 0.15) is 26.6 Å². The van der Waals surface area contributed by atoms with Crippen LogP contribution in [0.2, 0.25) is 0 Å². The summed E-state index contributed by atoms with van der Waals surface area (Å²) in [6.07, 6.45) is 1.54. The molecule has 1 aromatic carbocycles. The van der Waals surface area contributed by atoms with Crippen molar-refractivity contribution >= 4 is 22.9 Å². The van der Waals surface area contributed by atoms with E-state index in [2.05, 4.69) is 20.5 Å². The number of carbonyl (C=O) groups excluding carboxylic acids is 1. The molecule has 0 aliphatic heterocycles. The van der Waals surface area contributed by atoms with E-state index in [0.29, 0.717) is 22.0 Å². The van der Waals surface area contributed by atoms with Crippen molar-refractivity contribution in [2.24, 2.45) is 0 Å². The molecule has 0 spiro atoms. The lowest BCUT2D eigenvalue weighted by Gasteiger charge is -2.03. The SMILES string of the molecule is Cc1cccc(F)c1-c1nc(C(=O)Nc2cn[nH]c2C)c(C)s1. The van der Waals surface area contributed by atoms with Crippen molar-refractivity contribution < 1.29 is 9.18 Å². The zero-order chi connectivity index (χ0) is 16.6. The summed E-state index contributed by atoms with van der Waals surface area (Å²) in [5, 5.41) is 9.88. The van der Waals surface area contributed by atoms with Crippen molar-refractivity contribution in [2.45, 2.75) is 20.8 Å². The first-order valence-corrected chi connectivity index (χ1v) is 7.83. The summed E-state index contributed by atoms with van der Waals surface area (Å²) in [6, 6.07) is 4.88. The van der Waals surface area contributed by atoms with Crippen LogP contribution in [-0.2, 0) is 0 Å². The highest BCUT2D eigenvalue weighted by molar-refractivity contribution is 7.15. The van der Waals surface area contributed by atoms with Crippen molar-refractivity contribution in [3.05, 3.63) is 52.0 Å². The number of carbonyl (C=O) groups is 1. The summed E-state index contributed by atoms with van der Waals surface area (Å²) < 4.78 is 14.1. The van der Waals surface area contributed by atoms with E-state index >= 15 is 0 Å². The topological polar surface area (TPSA) is 70.7 Å². The van der Waals surface area contributed by atoms with Gasteiger partial charge in [-0.1, -0.05) is 12.1 Å². The van der Waals surface area contributed by atoms with Crippen LogP contribution in [0.3, 0.4) is 0 Å². The fraction of sp³-hybridized carbons (Fsp3) is 0.188. The number of halogens is 1. The maximum atomic E-state index is 14.1. The molecule has 2 N–H and O–H groups in total. The molecular formula is C16H15FN4OS. The number of hydrogen-bond donors (Lipinski definition) is 2. The lowest BCUT2D eigenvalue weighted by Crippen LogP contribution is -2.13. The van der Waals surface area contributed by atoms with Crippen molar-refractivity contribution in [2.75, 3.05) is 5.32 Å². The van der Waals surface area contributed by atoms with Crippen LogP contribution in [-0.4, -0.2) is 21.1 Å². The molecule has 118 valence electrons. The first kappa shape index (κ1) is 15.4. The molecule has 2 aromatic heterocycles. The van der Waals surface area contributed by atoms with Crippen LogP contribution in [0, 0.1) is 26.6 Å². The molecule has 3 aromatic rings. The molecule has 23 heavy (non-hydrogen) atoms. The maximum Gasteiger partial charge on any atom is 0.275 e. The fourth-order valence-electron chi connectivity index (χ4n) is 2.28. The van der Waals surface area contributed by atoms with Gasteiger partial charge in [0, 0.05) is 10.4 Å². The number of aryl methyl sites for hydroxylation is 3. The Morgan fingerprint density at radius 2 is 2.09 bits per heavy atom. The summed E-state index contributed by atoms with van der Waals surface area (Å²) in [5.41, 5.74) is 2.89. The first-order valence-electron chi connectivity index (χ1n) is 7.01. The van der Waals surface area contributed by atoms with Crippen LogP contribution in [0.4, 0.5) is 10.1 Å². The third-order valence-corrected chi connectivity index (χ3v) is 4.51. The average Bonchev–Trinajstić information content (AvgIpc) is 3.05. The Balaban J connectivity index is 1.95. The predicted molar refractivity (Wildman–Crippen MR) is 88.3 cm³/mol. The predicted octanol–water partition coefficient (Wildman–Crippen LogP) is 3.85. The van der Waals surface area contributed by atoms with Crippen LogP contribution in [0.5, 0.6) is 0 Å². The average molecular weight is 330 g/mol. The molecule has 1 amide bonds. The number of aromatic amines is 1. The van der Waals surface area contributed by atoms with Gasteiger partial charge in [-0.3, -0.25) is 9.89 Å². The number of amides is 1. The second-order valence-electron chi connectivity index (χ2n) is 5.22. The molecule has 7 heteroatoms. The van der Waals surface area contributed by atoms with Crippen LogP contribution >= 0.6 is 11.3 Å². The Bertz CT molecular complexity index is 864. The number of nitrogens with zero attached hydrogens (tertiary/aromatic N) is 2. The van der Waals surface area contributed by atoms with E-state index in [1.165, 1.54) is 23.6 Å². The molecule has 0 saturated heterocycles. The summed E-state index contributed by atoms with van der Waals surface area (Å²) in [5.74, 6) is -0.667. The normalized spacial score (nSPS) is 10.8. The number of benzene rings is 1. The van der Waals surface area contributed by atoms with Gasteiger partial charge in [-0.25, -0.2) is 9.37 Å². The van der Waals surface area contributed by atoms with Gasteiger partial charge in [-0.2, -0.15) is 5.10 Å². The van der Waals surface area contributed by atoms with Gasteiger partial charge in [0.15, 0.2) is 0 Å². The van der Waals surface area contributed by atoms with Gasteiger partial charge in [0.1, 0.15) is 16.5 Å². The number of thiazole rings is 1. The van der Waals surface area contributed by atoms with Crippen molar-refractivity contribution in [1.82, 2.24) is 15.2 Å². The number of hydrogen-bond acceptors (Lipinski definition) is 4. The quantitative estimate of drug-likeness (QED) is 0.766. The van der Waals surface area contributed by atoms with E-state index in [9.17, 15) is 9.18 Å². The number of nitrogens with one attached hydrogen (secondary N) is 2. The molecule has 0 bridgehead atoms. The number of rotatable bonds is 3. The molecule has 0 radical (unpaired) electrons. The number of anilines is 1. The molecular weight excluding hydrogens is 315 g/mol. The van der Waals surface area contributed by atoms with Crippen LogP contribution in [0.15, 0.2) is 24.4 Å². The van der Waals surface area contributed by atoms with Gasteiger partial charge < -0.3 is 5.32 Å². The van der Waals surface area contributed by atoms with E-state index in [4.69, 9.17) is 0 Å². The largest absolute Gasteiger partial charge is 0.318 e. The minimum atomic E-state index is -0.337. The molecule has 0 atom stereocenters. The zero-order valence-electron chi connectivity index (χ0n) is 12.9. The van der Waals surface area contributed by atoms with Gasteiger partial charge in [0.25, 0.3) is 5.91 Å². The van der Waals surface area contributed by atoms with Crippen molar-refractivity contribution in [1.29, 1.82) is 0 Å². The lowest BCUT2D eigenvalue weighted by atomic mass is 10.1. The van der Waals surface area contributed by atoms with Gasteiger partial charge in [-0.05, 0) is 32.4 Å². The van der Waals surface area contributed by atoms with E-state index in [0.717, 1.165) is 16.1 Å². The standard InChI is InChI=1S/C16H15FN4OS/c1-8-5-4-6-11(17)13(8)16-20-14(10(3)23-16)15(22)19-12-7-18-21-9(12)2/h4-7H,1-3H3,(H,18,21)(H,19,22). The first-order chi connectivity index (χ1) is 11.0. The van der Waals surface area contributed by atoms with E-state index in [1.807, 2.05) is 19.9 Å². The summed E-state index contributed by atoms with van der Waals surface area (Å²) in [4.78, 5) is 17.5. The van der Waals surface area contributed by atoms with E-state index < -0.39 is 0 Å². The molecule has 0 aliphatic rings. The monoisotopic (exact) mass is 330 g/mol. The van der Waals surface area contributed by atoms with Gasteiger partial charge in [0.2, 0.25) is 0 Å². The smallest absolute Gasteiger partial charge is 0.275 e. The Hall–Kier alpha value is -2.54. The van der Waals surface area contributed by atoms with E-state index in [-0.39, 0.29) is 11.7 Å². The highest BCUT2D eigenvalue weighted by Gasteiger charge is 2.20. The molecule has 0 unspecified atom stereocenters. The van der Waals surface area contributed by atoms with Gasteiger partial charge >= 0.3 is 0 Å². The van der Waals surface area contributed by atoms with E-state index in [1.54, 1.807) is 13.0 Å². The maximum absolute atomic E-state index is 14.1. The minimum Gasteiger partial charge on any atom is -0.318 e. The Labute approximate surface area is 136 Å². The second kappa shape index (κ2) is 5.92. The van der Waals surface area contributed by atoms with Crippen molar-refractivity contribution in [3.63, 3.8) is 0 Å². The van der Waals surface area contributed by atoms with Crippen LogP contribution in [0.25, 0.3) is 10.6 Å². The van der Waals surface area contributed by atoms with Gasteiger partial charge in [0.05, 0.1) is 17.6 Å². The third-order valence-electron chi connectivity index (χ3n) is 3.53. The Morgan fingerprint density at radius 3 is 2.74 bits per heavy atom. The third kappa shape index (κ3) is 2.87. The summed E-state index contributed by atoms with van der Waals surface area (Å²) in [6.45, 7) is 5.43. The lowest BCUT2D eigenvalue weighted by molar-refractivity contribution is 0.102. The van der Waals surface area contributed by atoms with Crippen molar-refractivity contribution in [3.8, 4) is 10.6 Å². The molecule has 0 fully saturated rings. The van der Waals surface area contributed by atoms with Gasteiger partial charge in [-0.15, -0.1) is 11.3 Å². The molecule has 3 rings (SSSR count). The summed E-state index contributed by atoms with van der Waals surface area (Å²) in [7, 11) is 0. The minimum absolute atomic E-state index is 0.299.